The molecule has 0 radical (unpaired) electrons. The van der Waals surface area contributed by atoms with Crippen molar-refractivity contribution in [2.45, 2.75) is 0 Å². The zero-order valence-electron chi connectivity index (χ0n) is 14.8. The minimum Gasteiger partial charge on any atom is -1.00 e. The number of anilines is 1. The van der Waals surface area contributed by atoms with E-state index >= 15 is 0 Å². The molecule has 0 atom stereocenters. The van der Waals surface area contributed by atoms with Gasteiger partial charge in [0.25, 0.3) is 5.84 Å². The van der Waals surface area contributed by atoms with Crippen molar-refractivity contribution >= 4 is 59.8 Å². The lowest BCUT2D eigenvalue weighted by molar-refractivity contribution is -0.352. The molecule has 0 aliphatic heterocycles. The highest BCUT2D eigenvalue weighted by Gasteiger charge is 2.15. The lowest BCUT2D eigenvalue weighted by Crippen LogP contribution is -3.00. The number of benzene rings is 4. The van der Waals surface area contributed by atoms with Gasteiger partial charge in [0.05, 0.1) is 5.56 Å². The highest BCUT2D eigenvalue weighted by molar-refractivity contribution is 9.10. The molecule has 0 bridgehead atoms. The molecule has 0 fully saturated rings. The quantitative estimate of drug-likeness (QED) is 0.318. The Morgan fingerprint density at radius 2 is 1.29 bits per heavy atom. The summed E-state index contributed by atoms with van der Waals surface area (Å²) in [5.74, 6) is 0.941. The summed E-state index contributed by atoms with van der Waals surface area (Å²) < 4.78 is 2.11. The van der Waals surface area contributed by atoms with Gasteiger partial charge in [-0.1, -0.05) is 68.3 Å². The number of rotatable bonds is 3. The highest BCUT2D eigenvalue weighted by Crippen LogP contribution is 2.20. The monoisotopic (exact) mass is 514 g/mol. The molecule has 0 amide bonds. The van der Waals surface area contributed by atoms with Crippen LogP contribution in [0, 0.1) is 0 Å². The molecule has 5 heteroatoms. The van der Waals surface area contributed by atoms with Crippen molar-refractivity contribution in [3.8, 4) is 0 Å². The second-order valence-corrected chi connectivity index (χ2v) is 8.00. The van der Waals surface area contributed by atoms with Gasteiger partial charge in [0.1, 0.15) is 11.4 Å². The molecule has 140 valence electrons. The van der Waals surface area contributed by atoms with Crippen LogP contribution in [0.4, 0.5) is 11.4 Å². The van der Waals surface area contributed by atoms with Crippen LogP contribution in [0.25, 0.3) is 10.8 Å². The first kappa shape index (κ1) is 20.6. The van der Waals surface area contributed by atoms with E-state index in [0.717, 1.165) is 31.7 Å². The Morgan fingerprint density at radius 3 is 2.00 bits per heavy atom. The van der Waals surface area contributed by atoms with Crippen molar-refractivity contribution in [1.82, 2.24) is 0 Å². The Hall–Kier alpha value is -2.14. The summed E-state index contributed by atoms with van der Waals surface area (Å²) >= 11 is 6.99. The molecule has 4 rings (SSSR count). The zero-order chi connectivity index (χ0) is 18.6. The maximum Gasteiger partial charge on any atom is 0.285 e. The van der Waals surface area contributed by atoms with E-state index in [-0.39, 0.29) is 12.4 Å². The fourth-order valence-electron chi connectivity index (χ4n) is 2.96. The summed E-state index contributed by atoms with van der Waals surface area (Å²) in [6.07, 6.45) is 0. The van der Waals surface area contributed by atoms with Crippen molar-refractivity contribution < 1.29 is 17.4 Å². The molecule has 0 spiro atoms. The van der Waals surface area contributed by atoms with Gasteiger partial charge in [0, 0.05) is 8.95 Å². The minimum atomic E-state index is 0. The van der Waals surface area contributed by atoms with E-state index in [1.165, 1.54) is 10.8 Å². The van der Waals surface area contributed by atoms with Gasteiger partial charge in [-0.25, -0.2) is 10.3 Å². The van der Waals surface area contributed by atoms with Crippen molar-refractivity contribution in [2.24, 2.45) is 0 Å². The van der Waals surface area contributed by atoms with Gasteiger partial charge < -0.3 is 12.4 Å². The largest absolute Gasteiger partial charge is 1.00 e. The average Bonchev–Trinajstić information content (AvgIpc) is 2.70. The molecule has 4 aromatic rings. The van der Waals surface area contributed by atoms with Gasteiger partial charge >= 0.3 is 0 Å². The molecule has 0 saturated carbocycles. The molecule has 2 N–H and O–H groups in total. The van der Waals surface area contributed by atoms with Crippen LogP contribution in [0.15, 0.2) is 99.9 Å². The van der Waals surface area contributed by atoms with E-state index in [9.17, 15) is 0 Å². The lowest BCUT2D eigenvalue weighted by atomic mass is 10.0. The minimum absolute atomic E-state index is 0. The Labute approximate surface area is 187 Å². The van der Waals surface area contributed by atoms with E-state index in [1.54, 1.807) is 0 Å². The second kappa shape index (κ2) is 9.37. The topological polar surface area (TPSA) is 26.0 Å². The first-order chi connectivity index (χ1) is 13.2. The third-order valence-corrected chi connectivity index (χ3v) is 5.34. The van der Waals surface area contributed by atoms with Crippen molar-refractivity contribution in [3.63, 3.8) is 0 Å². The van der Waals surface area contributed by atoms with Crippen LogP contribution in [-0.4, -0.2) is 5.84 Å². The van der Waals surface area contributed by atoms with Crippen LogP contribution in [0.1, 0.15) is 5.56 Å². The molecule has 0 aromatic heterocycles. The summed E-state index contributed by atoms with van der Waals surface area (Å²) in [6.45, 7) is 0. The molecular weight excluding hydrogens is 500 g/mol. The van der Waals surface area contributed by atoms with Gasteiger partial charge in [0.15, 0.2) is 0 Å². The predicted octanol–water partition coefficient (Wildman–Crippen LogP) is 2.64. The summed E-state index contributed by atoms with van der Waals surface area (Å²) in [5, 5.41) is 5.96. The first-order valence-electron chi connectivity index (χ1n) is 8.59. The summed E-state index contributed by atoms with van der Waals surface area (Å²) in [6, 6.07) is 31.1. The predicted molar refractivity (Wildman–Crippen MR) is 121 cm³/mol. The third-order valence-electron chi connectivity index (χ3n) is 4.29. The van der Waals surface area contributed by atoms with Crippen LogP contribution in [0.5, 0.6) is 0 Å². The van der Waals surface area contributed by atoms with Gasteiger partial charge in [-0.3, -0.25) is 0 Å². The van der Waals surface area contributed by atoms with E-state index in [2.05, 4.69) is 109 Å². The van der Waals surface area contributed by atoms with Crippen LogP contribution in [0.3, 0.4) is 0 Å². The Balaban J connectivity index is 0.00000225. The maximum absolute atomic E-state index is 3.55. The molecular formula is C23H17Br2ClN2. The lowest BCUT2D eigenvalue weighted by Gasteiger charge is -2.08. The number of nitrogens with one attached hydrogen (secondary N) is 2. The fourth-order valence-corrected chi connectivity index (χ4v) is 3.49. The average molecular weight is 517 g/mol. The number of halogens is 3. The van der Waals surface area contributed by atoms with Crippen molar-refractivity contribution in [1.29, 1.82) is 0 Å². The molecule has 28 heavy (non-hydrogen) atoms. The molecule has 0 unspecified atom stereocenters. The van der Waals surface area contributed by atoms with Crippen LogP contribution in [0.2, 0.25) is 0 Å². The Bertz CT molecular complexity index is 1100. The van der Waals surface area contributed by atoms with E-state index in [4.69, 9.17) is 0 Å². The van der Waals surface area contributed by atoms with Gasteiger partial charge in [-0.15, -0.1) is 0 Å². The molecule has 0 aliphatic carbocycles. The Morgan fingerprint density at radius 1 is 0.679 bits per heavy atom. The van der Waals surface area contributed by atoms with E-state index < -0.39 is 0 Å². The summed E-state index contributed by atoms with van der Waals surface area (Å²) in [5.41, 5.74) is 3.16. The normalized spacial score (nSPS) is 11.1. The number of fused-ring (bicyclic) bond motifs is 1. The first-order valence-corrected chi connectivity index (χ1v) is 10.2. The SMILES string of the molecule is Brc1ccc(NC(=[NH+]c2ccc(Br)cc2)c2cccc3ccccc23)cc1.[Cl-]. The molecule has 2 nitrogen and oxygen atoms in total. The number of amidine groups is 1. The molecule has 4 aromatic carbocycles. The summed E-state index contributed by atoms with van der Waals surface area (Å²) in [4.78, 5) is 3.55. The maximum atomic E-state index is 3.55. The Kier molecular flexibility index (Phi) is 6.89. The van der Waals surface area contributed by atoms with Crippen molar-refractivity contribution in [3.05, 3.63) is 106 Å². The van der Waals surface area contributed by atoms with Crippen LogP contribution >= 0.6 is 31.9 Å². The molecule has 0 saturated heterocycles. The van der Waals surface area contributed by atoms with Crippen LogP contribution in [-0.2, 0) is 0 Å². The number of hydrogen-bond donors (Lipinski definition) is 2. The van der Waals surface area contributed by atoms with Crippen molar-refractivity contribution in [2.75, 3.05) is 5.32 Å². The van der Waals surface area contributed by atoms with Crippen LogP contribution < -0.4 is 22.7 Å². The van der Waals surface area contributed by atoms with Gasteiger partial charge in [0.2, 0.25) is 0 Å². The zero-order valence-corrected chi connectivity index (χ0v) is 18.7. The number of hydrogen-bond acceptors (Lipinski definition) is 0. The molecule has 0 heterocycles. The standard InChI is InChI=1S/C23H16Br2N2.ClH/c24-17-8-12-19(13-9-17)26-23(27-20-14-10-18(25)11-15-20)22-7-3-5-16-4-1-2-6-21(16)22;/h1-15H,(H,26,27);1H. The second-order valence-electron chi connectivity index (χ2n) is 6.17. The van der Waals surface area contributed by atoms with Gasteiger partial charge in [-0.05, 0) is 65.4 Å². The van der Waals surface area contributed by atoms with E-state index in [1.807, 2.05) is 24.3 Å². The summed E-state index contributed by atoms with van der Waals surface area (Å²) in [7, 11) is 0. The molecule has 0 aliphatic rings. The fraction of sp³-hybridized carbons (Fsp3) is 0. The van der Waals surface area contributed by atoms with E-state index in [0.29, 0.717) is 0 Å². The van der Waals surface area contributed by atoms with Gasteiger partial charge in [-0.2, -0.15) is 0 Å². The third kappa shape index (κ3) is 4.82. The smallest absolute Gasteiger partial charge is 0.285 e. The highest BCUT2D eigenvalue weighted by atomic mass is 79.9.